The maximum Gasteiger partial charge on any atom is 0.224 e. The maximum atomic E-state index is 11.7. The molecule has 0 radical (unpaired) electrons. The molecule has 6 heteroatoms. The van der Waals surface area contributed by atoms with E-state index in [-0.39, 0.29) is 18.9 Å². The van der Waals surface area contributed by atoms with Crippen LogP contribution in [-0.4, -0.2) is 32.2 Å². The Morgan fingerprint density at radius 3 is 2.95 bits per heavy atom. The molecular weight excluding hydrogens is 244 g/mol. The molecule has 0 aliphatic heterocycles. The Labute approximate surface area is 111 Å². The highest BCUT2D eigenvalue weighted by Crippen LogP contribution is 2.18. The summed E-state index contributed by atoms with van der Waals surface area (Å²) in [4.78, 5) is 20.1. The molecule has 6 nitrogen and oxygen atoms in total. The van der Waals surface area contributed by atoms with Crippen molar-refractivity contribution in [2.24, 2.45) is 0 Å². The van der Waals surface area contributed by atoms with E-state index < -0.39 is 0 Å². The number of amides is 1. The van der Waals surface area contributed by atoms with Gasteiger partial charge in [-0.25, -0.2) is 9.97 Å². The van der Waals surface area contributed by atoms with Gasteiger partial charge in [-0.05, 0) is 25.5 Å². The molecule has 0 saturated carbocycles. The van der Waals surface area contributed by atoms with Gasteiger partial charge in [-0.15, -0.1) is 0 Å². The first-order valence-corrected chi connectivity index (χ1v) is 6.08. The second kappa shape index (κ2) is 6.10. The van der Waals surface area contributed by atoms with E-state index in [2.05, 4.69) is 15.3 Å². The number of carbonyl (C=O) groups excluding carboxylic acids is 1. The van der Waals surface area contributed by atoms with Crippen molar-refractivity contribution in [3.63, 3.8) is 0 Å². The molecule has 2 rings (SSSR count). The Morgan fingerprint density at radius 1 is 1.42 bits per heavy atom. The normalized spacial score (nSPS) is 10.4. The summed E-state index contributed by atoms with van der Waals surface area (Å²) in [7, 11) is 0. The predicted octanol–water partition coefficient (Wildman–Crippen LogP) is 1.29. The van der Waals surface area contributed by atoms with Crippen LogP contribution in [0.3, 0.4) is 0 Å². The molecule has 0 unspecified atom stereocenters. The fourth-order valence-electron chi connectivity index (χ4n) is 1.74. The summed E-state index contributed by atoms with van der Waals surface area (Å²) in [5.74, 6) is 1.29. The average molecular weight is 260 g/mol. The van der Waals surface area contributed by atoms with Crippen LogP contribution in [0.4, 0.5) is 5.69 Å². The number of anilines is 1. The van der Waals surface area contributed by atoms with Crippen LogP contribution >= 0.6 is 0 Å². The van der Waals surface area contributed by atoms with Crippen molar-refractivity contribution in [2.75, 3.05) is 11.9 Å². The summed E-state index contributed by atoms with van der Waals surface area (Å²) in [5, 5.41) is 11.5. The van der Waals surface area contributed by atoms with Gasteiger partial charge in [-0.3, -0.25) is 9.36 Å². The minimum absolute atomic E-state index is 0.00788. The molecule has 0 saturated heterocycles. The van der Waals surface area contributed by atoms with Crippen molar-refractivity contribution in [1.82, 2.24) is 14.5 Å². The van der Waals surface area contributed by atoms with E-state index in [0.717, 1.165) is 5.82 Å². The van der Waals surface area contributed by atoms with Gasteiger partial charge in [0.15, 0.2) is 5.82 Å². The van der Waals surface area contributed by atoms with E-state index in [9.17, 15) is 4.79 Å². The largest absolute Gasteiger partial charge is 0.396 e. The summed E-state index contributed by atoms with van der Waals surface area (Å²) in [6, 6.07) is 3.55. The first kappa shape index (κ1) is 13.2. The van der Waals surface area contributed by atoms with E-state index >= 15 is 0 Å². The summed E-state index contributed by atoms with van der Waals surface area (Å²) >= 11 is 0. The molecule has 2 heterocycles. The van der Waals surface area contributed by atoms with Gasteiger partial charge in [0.1, 0.15) is 5.82 Å². The number of nitrogens with zero attached hydrogens (tertiary/aromatic N) is 3. The lowest BCUT2D eigenvalue weighted by atomic mass is 10.3. The van der Waals surface area contributed by atoms with E-state index in [0.29, 0.717) is 17.9 Å². The lowest BCUT2D eigenvalue weighted by molar-refractivity contribution is -0.116. The second-order valence-corrected chi connectivity index (χ2v) is 4.09. The molecule has 1 amide bonds. The van der Waals surface area contributed by atoms with Crippen molar-refractivity contribution < 1.29 is 9.90 Å². The summed E-state index contributed by atoms with van der Waals surface area (Å²) in [6.07, 6.45) is 5.87. The molecule has 2 N–H and O–H groups in total. The number of hydrogen-bond donors (Lipinski definition) is 2. The third-order valence-corrected chi connectivity index (χ3v) is 2.68. The molecule has 0 bridgehead atoms. The number of aromatic nitrogens is 3. The number of nitrogens with one attached hydrogen (secondary N) is 1. The summed E-state index contributed by atoms with van der Waals surface area (Å²) < 4.78 is 1.81. The molecule has 0 atom stereocenters. The van der Waals surface area contributed by atoms with E-state index in [1.165, 1.54) is 0 Å². The van der Waals surface area contributed by atoms with Gasteiger partial charge in [0, 0.05) is 31.6 Å². The molecule has 0 aliphatic rings. The Hall–Kier alpha value is -2.21. The number of carbonyl (C=O) groups is 1. The van der Waals surface area contributed by atoms with E-state index in [4.69, 9.17) is 5.11 Å². The summed E-state index contributed by atoms with van der Waals surface area (Å²) in [5.41, 5.74) is 0.631. The predicted molar refractivity (Wildman–Crippen MR) is 71.0 cm³/mol. The first-order valence-electron chi connectivity index (χ1n) is 6.08. The lowest BCUT2D eigenvalue weighted by Gasteiger charge is -2.11. The third-order valence-electron chi connectivity index (χ3n) is 2.68. The monoisotopic (exact) mass is 260 g/mol. The third kappa shape index (κ3) is 3.17. The van der Waals surface area contributed by atoms with Gasteiger partial charge in [0.2, 0.25) is 5.91 Å². The average Bonchev–Trinajstić information content (AvgIpc) is 2.83. The quantitative estimate of drug-likeness (QED) is 0.848. The van der Waals surface area contributed by atoms with Crippen LogP contribution in [-0.2, 0) is 4.79 Å². The maximum absolute atomic E-state index is 11.7. The molecule has 2 aromatic heterocycles. The van der Waals surface area contributed by atoms with E-state index in [1.807, 2.05) is 11.5 Å². The molecular formula is C13H16N4O2. The van der Waals surface area contributed by atoms with Gasteiger partial charge < -0.3 is 10.4 Å². The lowest BCUT2D eigenvalue weighted by Crippen LogP contribution is -2.14. The number of aliphatic hydroxyl groups is 1. The summed E-state index contributed by atoms with van der Waals surface area (Å²) in [6.45, 7) is 1.87. The molecule has 100 valence electrons. The van der Waals surface area contributed by atoms with Gasteiger partial charge in [0.05, 0.1) is 5.69 Å². The highest BCUT2D eigenvalue weighted by atomic mass is 16.3. The topological polar surface area (TPSA) is 80.0 Å². The van der Waals surface area contributed by atoms with Crippen LogP contribution in [0.1, 0.15) is 18.7 Å². The molecule has 0 aliphatic carbocycles. The molecule has 0 aromatic carbocycles. The standard InChI is InChI=1S/C13H16N4O2/c1-10-14-7-8-17(10)13-11(4-2-6-15-13)16-12(19)5-3-9-18/h2,4,6-8,18H,3,5,9H2,1H3,(H,16,19). The second-order valence-electron chi connectivity index (χ2n) is 4.09. The first-order chi connectivity index (χ1) is 9.22. The molecule has 0 fully saturated rings. The molecule has 2 aromatic rings. The number of imidazole rings is 1. The Kier molecular flexibility index (Phi) is 4.25. The van der Waals surface area contributed by atoms with Gasteiger partial charge in [-0.1, -0.05) is 0 Å². The van der Waals surface area contributed by atoms with Crippen molar-refractivity contribution in [3.05, 3.63) is 36.5 Å². The van der Waals surface area contributed by atoms with Crippen LogP contribution in [0.25, 0.3) is 5.82 Å². The van der Waals surface area contributed by atoms with Crippen LogP contribution in [0.5, 0.6) is 0 Å². The van der Waals surface area contributed by atoms with Crippen molar-refractivity contribution in [3.8, 4) is 5.82 Å². The van der Waals surface area contributed by atoms with Crippen LogP contribution in [0.2, 0.25) is 0 Å². The number of hydrogen-bond acceptors (Lipinski definition) is 4. The highest BCUT2D eigenvalue weighted by Gasteiger charge is 2.10. The van der Waals surface area contributed by atoms with Crippen molar-refractivity contribution in [2.45, 2.75) is 19.8 Å². The van der Waals surface area contributed by atoms with Gasteiger partial charge in [-0.2, -0.15) is 0 Å². The van der Waals surface area contributed by atoms with Crippen molar-refractivity contribution >= 4 is 11.6 Å². The highest BCUT2D eigenvalue weighted by molar-refractivity contribution is 5.92. The zero-order valence-corrected chi connectivity index (χ0v) is 10.7. The zero-order chi connectivity index (χ0) is 13.7. The van der Waals surface area contributed by atoms with Crippen LogP contribution < -0.4 is 5.32 Å². The zero-order valence-electron chi connectivity index (χ0n) is 10.7. The SMILES string of the molecule is Cc1nccn1-c1ncccc1NC(=O)CCCO. The number of aryl methyl sites for hydroxylation is 1. The van der Waals surface area contributed by atoms with Crippen LogP contribution in [0.15, 0.2) is 30.7 Å². The minimum Gasteiger partial charge on any atom is -0.396 e. The Balaban J connectivity index is 2.22. The van der Waals surface area contributed by atoms with E-state index in [1.54, 1.807) is 30.7 Å². The number of pyridine rings is 1. The Bertz CT molecular complexity index is 565. The fourth-order valence-corrected chi connectivity index (χ4v) is 1.74. The van der Waals surface area contributed by atoms with Gasteiger partial charge >= 0.3 is 0 Å². The Morgan fingerprint density at radius 2 is 2.26 bits per heavy atom. The fraction of sp³-hybridized carbons (Fsp3) is 0.308. The van der Waals surface area contributed by atoms with Crippen molar-refractivity contribution in [1.29, 1.82) is 0 Å². The minimum atomic E-state index is -0.138. The number of aliphatic hydroxyl groups excluding tert-OH is 1. The molecule has 19 heavy (non-hydrogen) atoms. The molecule has 0 spiro atoms. The van der Waals surface area contributed by atoms with Gasteiger partial charge in [0.25, 0.3) is 0 Å². The number of rotatable bonds is 5. The smallest absolute Gasteiger partial charge is 0.224 e. The van der Waals surface area contributed by atoms with Crippen LogP contribution in [0, 0.1) is 6.92 Å².